The molecule has 1 aromatic carbocycles. The van der Waals surface area contributed by atoms with E-state index in [4.69, 9.17) is 5.11 Å². The first kappa shape index (κ1) is 17.1. The molecule has 0 heterocycles. The van der Waals surface area contributed by atoms with E-state index in [0.717, 1.165) is 6.26 Å². The Labute approximate surface area is 119 Å². The smallest absolute Gasteiger partial charge is 0.178 e. The number of aliphatic hydroxyl groups excluding tert-OH is 1. The number of hydrogen-bond donors (Lipinski definition) is 2. The van der Waals surface area contributed by atoms with Crippen molar-refractivity contribution in [3.63, 3.8) is 0 Å². The number of nitrogens with one attached hydrogen (secondary N) is 1. The Kier molecular flexibility index (Phi) is 6.10. The lowest BCUT2D eigenvalue weighted by molar-refractivity contribution is 0.258. The highest BCUT2D eigenvalue weighted by atomic mass is 32.2. The van der Waals surface area contributed by atoms with Crippen LogP contribution in [0.15, 0.2) is 23.1 Å². The Hall–Kier alpha value is -0.980. The molecule has 2 N–H and O–H groups in total. The van der Waals surface area contributed by atoms with Crippen LogP contribution in [0, 0.1) is 11.7 Å². The van der Waals surface area contributed by atoms with Crippen molar-refractivity contribution >= 4 is 9.84 Å². The standard InChI is InChI=1S/C14H22FNO3S/c1-10(6-7-17)9-16-11(2)12-4-5-14(13(15)8-12)20(3,18)19/h4-5,8,10-11,16-17H,6-7,9H2,1-3H3. The van der Waals surface area contributed by atoms with E-state index in [0.29, 0.717) is 24.4 Å². The van der Waals surface area contributed by atoms with Crippen LogP contribution in [0.5, 0.6) is 0 Å². The van der Waals surface area contributed by atoms with Crippen molar-refractivity contribution in [3.05, 3.63) is 29.6 Å². The van der Waals surface area contributed by atoms with Crippen molar-refractivity contribution in [3.8, 4) is 0 Å². The van der Waals surface area contributed by atoms with Gasteiger partial charge in [-0.15, -0.1) is 0 Å². The Balaban J connectivity index is 2.75. The highest BCUT2D eigenvalue weighted by Gasteiger charge is 2.16. The van der Waals surface area contributed by atoms with Crippen molar-refractivity contribution < 1.29 is 17.9 Å². The van der Waals surface area contributed by atoms with Crippen molar-refractivity contribution in [2.24, 2.45) is 5.92 Å². The van der Waals surface area contributed by atoms with E-state index in [1.807, 2.05) is 13.8 Å². The van der Waals surface area contributed by atoms with E-state index in [-0.39, 0.29) is 17.5 Å². The maximum absolute atomic E-state index is 13.8. The molecule has 1 aromatic rings. The van der Waals surface area contributed by atoms with E-state index in [1.54, 1.807) is 6.07 Å². The number of rotatable bonds is 7. The second-order valence-electron chi connectivity index (χ2n) is 5.21. The first-order valence-electron chi connectivity index (χ1n) is 6.59. The lowest BCUT2D eigenvalue weighted by Gasteiger charge is -2.18. The minimum absolute atomic E-state index is 0.0840. The minimum atomic E-state index is -3.53. The quantitative estimate of drug-likeness (QED) is 0.807. The van der Waals surface area contributed by atoms with Gasteiger partial charge in [-0.05, 0) is 43.5 Å². The van der Waals surface area contributed by atoms with Gasteiger partial charge in [0.2, 0.25) is 0 Å². The van der Waals surface area contributed by atoms with Crippen LogP contribution in [0.25, 0.3) is 0 Å². The van der Waals surface area contributed by atoms with Crippen LogP contribution in [0.1, 0.15) is 31.9 Å². The summed E-state index contributed by atoms with van der Waals surface area (Å²) in [7, 11) is -3.53. The van der Waals surface area contributed by atoms with Gasteiger partial charge in [0.05, 0.1) is 0 Å². The summed E-state index contributed by atoms with van der Waals surface area (Å²) in [6, 6.07) is 4.09. The summed E-state index contributed by atoms with van der Waals surface area (Å²) in [5, 5.41) is 12.1. The van der Waals surface area contributed by atoms with Gasteiger partial charge in [-0.25, -0.2) is 12.8 Å². The van der Waals surface area contributed by atoms with Gasteiger partial charge in [0, 0.05) is 18.9 Å². The minimum Gasteiger partial charge on any atom is -0.396 e. The average Bonchev–Trinajstić information content (AvgIpc) is 2.34. The maximum atomic E-state index is 13.8. The normalized spacial score (nSPS) is 15.1. The number of hydrogen-bond acceptors (Lipinski definition) is 4. The van der Waals surface area contributed by atoms with Gasteiger partial charge in [-0.1, -0.05) is 13.0 Å². The highest BCUT2D eigenvalue weighted by molar-refractivity contribution is 7.90. The van der Waals surface area contributed by atoms with Crippen LogP contribution in [-0.2, 0) is 9.84 Å². The second-order valence-corrected chi connectivity index (χ2v) is 7.19. The van der Waals surface area contributed by atoms with E-state index in [9.17, 15) is 12.8 Å². The Morgan fingerprint density at radius 3 is 2.50 bits per heavy atom. The van der Waals surface area contributed by atoms with Crippen LogP contribution in [0.2, 0.25) is 0 Å². The third-order valence-corrected chi connectivity index (χ3v) is 4.38. The Morgan fingerprint density at radius 1 is 1.35 bits per heavy atom. The van der Waals surface area contributed by atoms with Crippen LogP contribution in [0.3, 0.4) is 0 Å². The molecule has 0 aliphatic rings. The topological polar surface area (TPSA) is 66.4 Å². The third kappa shape index (κ3) is 4.85. The molecule has 0 aliphatic heterocycles. The molecule has 0 saturated heterocycles. The Morgan fingerprint density at radius 2 is 2.00 bits per heavy atom. The monoisotopic (exact) mass is 303 g/mol. The van der Waals surface area contributed by atoms with E-state index >= 15 is 0 Å². The van der Waals surface area contributed by atoms with E-state index in [2.05, 4.69) is 5.32 Å². The molecule has 1 rings (SSSR count). The van der Waals surface area contributed by atoms with Gasteiger partial charge < -0.3 is 10.4 Å². The Bertz CT molecular complexity index is 545. The highest BCUT2D eigenvalue weighted by Crippen LogP contribution is 2.20. The van der Waals surface area contributed by atoms with Crippen LogP contribution in [0.4, 0.5) is 4.39 Å². The van der Waals surface area contributed by atoms with Gasteiger partial charge >= 0.3 is 0 Å². The van der Waals surface area contributed by atoms with Crippen LogP contribution >= 0.6 is 0 Å². The molecule has 4 nitrogen and oxygen atoms in total. The molecular formula is C14H22FNO3S. The summed E-state index contributed by atoms with van der Waals surface area (Å²) in [4.78, 5) is -0.276. The van der Waals surface area contributed by atoms with E-state index in [1.165, 1.54) is 12.1 Å². The predicted octanol–water partition coefficient (Wildman–Crippen LogP) is 1.90. The summed E-state index contributed by atoms with van der Waals surface area (Å²) >= 11 is 0. The molecule has 0 saturated carbocycles. The summed E-state index contributed by atoms with van der Waals surface area (Å²) in [6.07, 6.45) is 1.70. The summed E-state index contributed by atoms with van der Waals surface area (Å²) in [5.41, 5.74) is 0.700. The molecule has 6 heteroatoms. The van der Waals surface area contributed by atoms with Crippen molar-refractivity contribution in [1.82, 2.24) is 5.32 Å². The molecule has 0 aliphatic carbocycles. The molecule has 114 valence electrons. The number of aliphatic hydroxyl groups is 1. The second kappa shape index (κ2) is 7.15. The van der Waals surface area contributed by atoms with Crippen molar-refractivity contribution in [2.75, 3.05) is 19.4 Å². The summed E-state index contributed by atoms with van der Waals surface area (Å²) in [6.45, 7) is 4.76. The zero-order valence-electron chi connectivity index (χ0n) is 12.1. The maximum Gasteiger partial charge on any atom is 0.178 e. The van der Waals surface area contributed by atoms with Crippen LogP contribution < -0.4 is 5.32 Å². The fourth-order valence-electron chi connectivity index (χ4n) is 1.91. The number of sulfone groups is 1. The van der Waals surface area contributed by atoms with Crippen LogP contribution in [-0.4, -0.2) is 32.9 Å². The van der Waals surface area contributed by atoms with Gasteiger partial charge in [0.25, 0.3) is 0 Å². The van der Waals surface area contributed by atoms with E-state index < -0.39 is 15.7 Å². The third-order valence-electron chi connectivity index (χ3n) is 3.25. The molecular weight excluding hydrogens is 281 g/mol. The molecule has 20 heavy (non-hydrogen) atoms. The fraction of sp³-hybridized carbons (Fsp3) is 0.571. The molecule has 0 bridgehead atoms. The molecule has 0 radical (unpaired) electrons. The zero-order valence-corrected chi connectivity index (χ0v) is 12.9. The molecule has 0 fully saturated rings. The van der Waals surface area contributed by atoms with Gasteiger partial charge in [0.1, 0.15) is 10.7 Å². The van der Waals surface area contributed by atoms with Crippen molar-refractivity contribution in [2.45, 2.75) is 31.2 Å². The zero-order chi connectivity index (χ0) is 15.3. The van der Waals surface area contributed by atoms with Gasteiger partial charge in [-0.3, -0.25) is 0 Å². The SMILES string of the molecule is CC(CCO)CNC(C)c1ccc(S(C)(=O)=O)c(F)c1. The largest absolute Gasteiger partial charge is 0.396 e. The van der Waals surface area contributed by atoms with Gasteiger partial charge in [-0.2, -0.15) is 0 Å². The molecule has 0 spiro atoms. The molecule has 2 atom stereocenters. The first-order chi connectivity index (χ1) is 9.25. The fourth-order valence-corrected chi connectivity index (χ4v) is 2.63. The lowest BCUT2D eigenvalue weighted by atomic mass is 10.1. The number of benzene rings is 1. The molecule has 0 aromatic heterocycles. The predicted molar refractivity (Wildman–Crippen MR) is 76.8 cm³/mol. The lowest BCUT2D eigenvalue weighted by Crippen LogP contribution is -2.25. The average molecular weight is 303 g/mol. The molecule has 2 unspecified atom stereocenters. The summed E-state index contributed by atoms with van der Waals surface area (Å²) < 4.78 is 36.5. The summed E-state index contributed by atoms with van der Waals surface area (Å²) in [5.74, 6) is -0.398. The molecule has 0 amide bonds. The van der Waals surface area contributed by atoms with Gasteiger partial charge in [0.15, 0.2) is 9.84 Å². The van der Waals surface area contributed by atoms with Crippen molar-refractivity contribution in [1.29, 1.82) is 0 Å². The first-order valence-corrected chi connectivity index (χ1v) is 8.48. The number of halogens is 1.